The van der Waals surface area contributed by atoms with E-state index in [2.05, 4.69) is 25.3 Å². The minimum absolute atomic E-state index is 0. The molecule has 2 heterocycles. The fourth-order valence-corrected chi connectivity index (χ4v) is 3.95. The predicted molar refractivity (Wildman–Crippen MR) is 102 cm³/mol. The maximum absolute atomic E-state index is 12.2. The first kappa shape index (κ1) is 22.7. The summed E-state index contributed by atoms with van der Waals surface area (Å²) in [5, 5.41) is 5.99. The van der Waals surface area contributed by atoms with Gasteiger partial charge < -0.3 is 15.4 Å². The van der Waals surface area contributed by atoms with Crippen molar-refractivity contribution in [3.8, 4) is 5.88 Å². The van der Waals surface area contributed by atoms with E-state index in [1.807, 2.05) is 0 Å². The number of aromatic nitrogens is 1. The van der Waals surface area contributed by atoms with Gasteiger partial charge in [-0.2, -0.15) is 13.2 Å². The molecule has 26 heavy (non-hydrogen) atoms. The summed E-state index contributed by atoms with van der Waals surface area (Å²) in [6.07, 6.45) is -2.57. The molecule has 1 atom stereocenters. The first-order valence-corrected chi connectivity index (χ1v) is 9.31. The fraction of sp³-hybridized carbons (Fsp3) is 0.571. The molecule has 2 N–H and O–H groups in total. The Morgan fingerprint density at radius 1 is 1.46 bits per heavy atom. The van der Waals surface area contributed by atoms with Crippen molar-refractivity contribution in [2.24, 2.45) is 4.99 Å². The van der Waals surface area contributed by atoms with E-state index in [4.69, 9.17) is 0 Å². The molecular weight excluding hydrogens is 488 g/mol. The zero-order valence-corrected chi connectivity index (χ0v) is 17.1. The summed E-state index contributed by atoms with van der Waals surface area (Å²) in [4.78, 5) is 7.74. The van der Waals surface area contributed by atoms with E-state index in [9.17, 15) is 21.6 Å². The molecule has 0 saturated carbocycles. The van der Waals surface area contributed by atoms with E-state index >= 15 is 0 Å². The summed E-state index contributed by atoms with van der Waals surface area (Å²) in [5.74, 6) is 0.489. The Kier molecular flexibility index (Phi) is 8.37. The van der Waals surface area contributed by atoms with Gasteiger partial charge in [-0.3, -0.25) is 4.99 Å². The lowest BCUT2D eigenvalue weighted by Gasteiger charge is -2.16. The monoisotopic (exact) mass is 508 g/mol. The molecule has 0 amide bonds. The van der Waals surface area contributed by atoms with Crippen LogP contribution >= 0.6 is 24.0 Å². The van der Waals surface area contributed by atoms with E-state index < -0.39 is 22.6 Å². The molecule has 1 aromatic heterocycles. The Balaban J connectivity index is 0.00000338. The first-order chi connectivity index (χ1) is 11.7. The topological polar surface area (TPSA) is 92.7 Å². The van der Waals surface area contributed by atoms with Crippen molar-refractivity contribution in [1.82, 2.24) is 15.6 Å². The molecule has 0 aliphatic carbocycles. The van der Waals surface area contributed by atoms with Crippen LogP contribution in [0.2, 0.25) is 0 Å². The van der Waals surface area contributed by atoms with Gasteiger partial charge in [-0.1, -0.05) is 0 Å². The molecule has 1 fully saturated rings. The second kappa shape index (κ2) is 9.58. The van der Waals surface area contributed by atoms with Crippen molar-refractivity contribution in [3.63, 3.8) is 0 Å². The zero-order valence-electron chi connectivity index (χ0n) is 13.9. The van der Waals surface area contributed by atoms with Crippen LogP contribution in [0, 0.1) is 0 Å². The van der Waals surface area contributed by atoms with Crippen LogP contribution in [0.5, 0.6) is 5.88 Å². The number of guanidine groups is 1. The van der Waals surface area contributed by atoms with E-state index in [1.165, 1.54) is 12.3 Å². The molecule has 1 aliphatic rings. The molecule has 1 unspecified atom stereocenters. The number of nitrogens with zero attached hydrogens (tertiary/aromatic N) is 2. The lowest BCUT2D eigenvalue weighted by molar-refractivity contribution is -0.154. The molecule has 0 radical (unpaired) electrons. The molecule has 0 bridgehead atoms. The van der Waals surface area contributed by atoms with Gasteiger partial charge >= 0.3 is 6.18 Å². The number of ether oxygens (including phenoxy) is 1. The largest absolute Gasteiger partial charge is 0.468 e. The number of hydrogen-bond donors (Lipinski definition) is 2. The number of aliphatic imine (C=N–C) groups is 1. The summed E-state index contributed by atoms with van der Waals surface area (Å²) in [7, 11) is -1.46. The van der Waals surface area contributed by atoms with E-state index in [1.54, 1.807) is 13.1 Å². The molecule has 1 saturated heterocycles. The van der Waals surface area contributed by atoms with Crippen LogP contribution in [0.3, 0.4) is 0 Å². The summed E-state index contributed by atoms with van der Waals surface area (Å²) >= 11 is 0. The number of alkyl halides is 3. The predicted octanol–water partition coefficient (Wildman–Crippen LogP) is 1.49. The van der Waals surface area contributed by atoms with Gasteiger partial charge in [0.2, 0.25) is 5.88 Å². The number of pyridine rings is 1. The van der Waals surface area contributed by atoms with Gasteiger partial charge in [-0.25, -0.2) is 13.4 Å². The first-order valence-electron chi connectivity index (χ1n) is 7.49. The lowest BCUT2D eigenvalue weighted by atomic mass is 10.2. The Labute approximate surface area is 166 Å². The minimum Gasteiger partial charge on any atom is -0.468 e. The summed E-state index contributed by atoms with van der Waals surface area (Å²) < 4.78 is 64.0. The molecular formula is C14H20F3IN4O3S. The summed E-state index contributed by atoms with van der Waals surface area (Å²) in [6, 6.07) is 2.81. The number of hydrogen-bond acceptors (Lipinski definition) is 5. The molecule has 7 nitrogen and oxygen atoms in total. The van der Waals surface area contributed by atoms with Crippen molar-refractivity contribution >= 4 is 39.8 Å². The number of rotatable bonds is 5. The molecule has 1 aliphatic heterocycles. The number of halogens is 4. The van der Waals surface area contributed by atoms with Gasteiger partial charge in [0.15, 0.2) is 22.4 Å². The second-order valence-electron chi connectivity index (χ2n) is 5.58. The molecule has 0 aromatic carbocycles. The zero-order chi connectivity index (χ0) is 18.5. The fourth-order valence-electron chi connectivity index (χ4n) is 2.28. The quantitative estimate of drug-likeness (QED) is 0.356. The van der Waals surface area contributed by atoms with Crippen LogP contribution < -0.4 is 15.4 Å². The molecule has 148 valence electrons. The van der Waals surface area contributed by atoms with Crippen LogP contribution in [0.4, 0.5) is 13.2 Å². The van der Waals surface area contributed by atoms with Crippen molar-refractivity contribution in [1.29, 1.82) is 0 Å². The van der Waals surface area contributed by atoms with E-state index in [0.717, 1.165) is 0 Å². The minimum atomic E-state index is -4.43. The smallest absolute Gasteiger partial charge is 0.422 e. The lowest BCUT2D eigenvalue weighted by Crippen LogP contribution is -2.43. The Bertz CT molecular complexity index is 728. The Morgan fingerprint density at radius 3 is 2.77 bits per heavy atom. The third-order valence-corrected chi connectivity index (χ3v) is 5.21. The third kappa shape index (κ3) is 7.93. The Hall–Kier alpha value is -1.31. The van der Waals surface area contributed by atoms with Crippen LogP contribution in [-0.2, 0) is 16.4 Å². The van der Waals surface area contributed by atoms with Gasteiger partial charge in [0.25, 0.3) is 0 Å². The van der Waals surface area contributed by atoms with Crippen molar-refractivity contribution < 1.29 is 26.3 Å². The molecule has 12 heteroatoms. The van der Waals surface area contributed by atoms with E-state index in [0.29, 0.717) is 17.9 Å². The van der Waals surface area contributed by atoms with Crippen LogP contribution in [0.25, 0.3) is 0 Å². The highest BCUT2D eigenvalue weighted by atomic mass is 127. The van der Waals surface area contributed by atoms with Crippen molar-refractivity contribution in [2.45, 2.75) is 25.2 Å². The summed E-state index contributed by atoms with van der Waals surface area (Å²) in [5.41, 5.74) is 0.647. The molecule has 2 rings (SSSR count). The Morgan fingerprint density at radius 2 is 2.19 bits per heavy atom. The average molecular weight is 508 g/mol. The number of sulfone groups is 1. The van der Waals surface area contributed by atoms with Crippen LogP contribution in [0.15, 0.2) is 23.3 Å². The highest BCUT2D eigenvalue weighted by molar-refractivity contribution is 14.0. The van der Waals surface area contributed by atoms with Gasteiger partial charge in [0.05, 0.1) is 11.5 Å². The van der Waals surface area contributed by atoms with Gasteiger partial charge in [0, 0.05) is 31.9 Å². The normalized spacial score (nSPS) is 19.5. The average Bonchev–Trinajstić information content (AvgIpc) is 2.88. The highest BCUT2D eigenvalue weighted by Crippen LogP contribution is 2.17. The summed E-state index contributed by atoms with van der Waals surface area (Å²) in [6.45, 7) is -1.14. The van der Waals surface area contributed by atoms with Gasteiger partial charge in [0.1, 0.15) is 0 Å². The third-order valence-electron chi connectivity index (χ3n) is 3.44. The standard InChI is InChI=1S/C14H19F3N4O3S.HI/c1-18-13(21-11-3-5-25(22,23)8-11)20-7-10-2-4-19-12(6-10)24-9-14(15,16)17;/h2,4,6,11H,3,5,7-9H2,1H3,(H2,18,20,21);1H. The van der Waals surface area contributed by atoms with Crippen LogP contribution in [-0.4, -0.2) is 56.7 Å². The maximum Gasteiger partial charge on any atom is 0.422 e. The molecule has 1 aromatic rings. The number of nitrogens with one attached hydrogen (secondary N) is 2. The van der Waals surface area contributed by atoms with E-state index in [-0.39, 0.29) is 53.9 Å². The maximum atomic E-state index is 12.2. The van der Waals surface area contributed by atoms with Gasteiger partial charge in [-0.15, -0.1) is 24.0 Å². The van der Waals surface area contributed by atoms with Crippen molar-refractivity contribution in [2.75, 3.05) is 25.2 Å². The van der Waals surface area contributed by atoms with Crippen molar-refractivity contribution in [3.05, 3.63) is 23.9 Å². The van der Waals surface area contributed by atoms with Crippen LogP contribution in [0.1, 0.15) is 12.0 Å². The molecule has 0 spiro atoms. The second-order valence-corrected chi connectivity index (χ2v) is 7.80. The van der Waals surface area contributed by atoms with Gasteiger partial charge in [-0.05, 0) is 18.1 Å². The highest BCUT2D eigenvalue weighted by Gasteiger charge is 2.29. The SMILES string of the molecule is CN=C(NCc1ccnc(OCC(F)(F)F)c1)NC1CCS(=O)(=O)C1.I.